The van der Waals surface area contributed by atoms with Gasteiger partial charge in [0.05, 0.1) is 5.78 Å². The van der Waals surface area contributed by atoms with E-state index in [1.54, 1.807) is 0 Å². The van der Waals surface area contributed by atoms with Gasteiger partial charge in [0, 0.05) is 18.5 Å². The molecule has 4 rings (SSSR count). The first-order valence-electron chi connectivity index (χ1n) is 8.92. The highest BCUT2D eigenvalue weighted by atomic mass is 31.1. The monoisotopic (exact) mass is 308 g/mol. The van der Waals surface area contributed by atoms with Crippen molar-refractivity contribution in [1.29, 1.82) is 0 Å². The Balaban J connectivity index is 1.48. The van der Waals surface area contributed by atoms with Crippen LogP contribution in [-0.4, -0.2) is 47.5 Å². The molecule has 1 N–H and O–H groups in total. The topological polar surface area (TPSA) is 32.3 Å². The van der Waals surface area contributed by atoms with Crippen LogP contribution >= 0.6 is 7.92 Å². The van der Waals surface area contributed by atoms with Crippen LogP contribution in [0.4, 0.5) is 0 Å². The van der Waals surface area contributed by atoms with E-state index < -0.39 is 0 Å². The van der Waals surface area contributed by atoms with Crippen LogP contribution in [0.1, 0.15) is 46.0 Å². The van der Waals surface area contributed by atoms with E-state index in [1.165, 1.54) is 38.1 Å². The maximum Gasteiger partial charge on any atom is 0.223 e. The van der Waals surface area contributed by atoms with Gasteiger partial charge in [0.15, 0.2) is 0 Å². The van der Waals surface area contributed by atoms with Gasteiger partial charge in [-0.15, -0.1) is 0 Å². The lowest BCUT2D eigenvalue weighted by molar-refractivity contribution is -0.138. The summed E-state index contributed by atoms with van der Waals surface area (Å²) in [5.74, 6) is 3.51. The Hall–Kier alpha value is -0.140. The molecule has 4 aliphatic rings. The van der Waals surface area contributed by atoms with E-state index in [-0.39, 0.29) is 7.92 Å². The summed E-state index contributed by atoms with van der Waals surface area (Å²) in [5.41, 5.74) is 0. The van der Waals surface area contributed by atoms with Crippen molar-refractivity contribution in [3.8, 4) is 0 Å². The molecule has 0 aromatic rings. The summed E-state index contributed by atoms with van der Waals surface area (Å²) >= 11 is 0. The molecule has 1 saturated carbocycles. The first-order chi connectivity index (χ1) is 10.1. The van der Waals surface area contributed by atoms with Gasteiger partial charge in [0.25, 0.3) is 0 Å². The van der Waals surface area contributed by atoms with Crippen molar-refractivity contribution < 1.29 is 4.79 Å². The molecule has 5 atom stereocenters. The van der Waals surface area contributed by atoms with Gasteiger partial charge >= 0.3 is 0 Å². The summed E-state index contributed by atoms with van der Waals surface area (Å²) in [7, 11) is 0.0416. The molecule has 1 amide bonds. The average Bonchev–Trinajstić information content (AvgIpc) is 3.20. The molecule has 4 heteroatoms. The predicted molar refractivity (Wildman–Crippen MR) is 87.8 cm³/mol. The van der Waals surface area contributed by atoms with Gasteiger partial charge in [-0.1, -0.05) is 21.8 Å². The number of nitrogens with one attached hydrogen (secondary N) is 1. The van der Waals surface area contributed by atoms with E-state index in [1.807, 2.05) is 0 Å². The number of hydrogen-bond acceptors (Lipinski definition) is 2. The Morgan fingerprint density at radius 2 is 2.10 bits per heavy atom. The molecule has 3 saturated heterocycles. The van der Waals surface area contributed by atoms with Gasteiger partial charge in [-0.3, -0.25) is 4.79 Å². The van der Waals surface area contributed by atoms with Crippen LogP contribution in [-0.2, 0) is 4.79 Å². The highest BCUT2D eigenvalue weighted by molar-refractivity contribution is 7.59. The zero-order chi connectivity index (χ0) is 14.6. The average molecular weight is 308 g/mol. The van der Waals surface area contributed by atoms with Crippen molar-refractivity contribution in [2.75, 3.05) is 18.9 Å². The summed E-state index contributed by atoms with van der Waals surface area (Å²) in [4.78, 5) is 14.8. The highest BCUT2D eigenvalue weighted by Crippen LogP contribution is 2.61. The van der Waals surface area contributed by atoms with Gasteiger partial charge in [-0.05, 0) is 62.3 Å². The summed E-state index contributed by atoms with van der Waals surface area (Å²) < 4.78 is 0. The first kappa shape index (κ1) is 14.5. The third kappa shape index (κ3) is 2.65. The number of hydrogen-bond donors (Lipinski definition) is 1. The molecular formula is C17H29N2OP. The van der Waals surface area contributed by atoms with Crippen molar-refractivity contribution in [3.63, 3.8) is 0 Å². The number of piperidine rings is 1. The Bertz CT molecular complexity index is 423. The molecule has 0 aromatic heterocycles. The van der Waals surface area contributed by atoms with E-state index >= 15 is 0 Å². The molecule has 0 spiro atoms. The molecule has 1 aliphatic carbocycles. The van der Waals surface area contributed by atoms with E-state index in [0.717, 1.165) is 30.7 Å². The first-order valence-corrected chi connectivity index (χ1v) is 10.7. The number of carbonyl (C=O) groups is 1. The zero-order valence-corrected chi connectivity index (χ0v) is 14.3. The van der Waals surface area contributed by atoms with Crippen LogP contribution < -0.4 is 5.32 Å². The van der Waals surface area contributed by atoms with Gasteiger partial charge in [-0.2, -0.15) is 0 Å². The second-order valence-corrected chi connectivity index (χ2v) is 10.5. The van der Waals surface area contributed by atoms with Crippen LogP contribution in [0.5, 0.6) is 0 Å². The summed E-state index contributed by atoms with van der Waals surface area (Å²) in [6.45, 7) is 5.86. The Morgan fingerprint density at radius 1 is 1.29 bits per heavy atom. The molecule has 3 aliphatic heterocycles. The molecule has 0 aromatic carbocycles. The second kappa shape index (κ2) is 5.49. The van der Waals surface area contributed by atoms with E-state index in [0.29, 0.717) is 23.6 Å². The normalized spacial score (nSPS) is 42.5. The number of rotatable bonds is 4. The lowest BCUT2D eigenvalue weighted by Gasteiger charge is -2.46. The fourth-order valence-corrected chi connectivity index (χ4v) is 8.76. The second-order valence-electron chi connectivity index (χ2n) is 8.06. The molecule has 3 nitrogen and oxygen atoms in total. The van der Waals surface area contributed by atoms with Crippen molar-refractivity contribution in [2.24, 2.45) is 17.8 Å². The minimum absolute atomic E-state index is 0.0416. The van der Waals surface area contributed by atoms with Crippen LogP contribution in [0.25, 0.3) is 0 Å². The van der Waals surface area contributed by atoms with Gasteiger partial charge < -0.3 is 10.2 Å². The maximum atomic E-state index is 12.4. The molecule has 21 heavy (non-hydrogen) atoms. The van der Waals surface area contributed by atoms with Gasteiger partial charge in [-0.25, -0.2) is 0 Å². The van der Waals surface area contributed by atoms with E-state index in [4.69, 9.17) is 0 Å². The van der Waals surface area contributed by atoms with Crippen LogP contribution in [0.15, 0.2) is 0 Å². The lowest BCUT2D eigenvalue weighted by atomic mass is 9.89. The third-order valence-corrected chi connectivity index (χ3v) is 9.25. The number of carbonyl (C=O) groups excluding carboxylic acids is 1. The Labute approximate surface area is 130 Å². The fourth-order valence-electron chi connectivity index (χ4n) is 4.73. The smallest absolute Gasteiger partial charge is 0.223 e. The van der Waals surface area contributed by atoms with Crippen molar-refractivity contribution in [1.82, 2.24) is 10.2 Å². The van der Waals surface area contributed by atoms with Crippen molar-refractivity contribution >= 4 is 13.8 Å². The number of amides is 1. The number of nitrogens with zero attached hydrogens (tertiary/aromatic N) is 1. The van der Waals surface area contributed by atoms with Gasteiger partial charge in [0.1, 0.15) is 0 Å². The zero-order valence-electron chi connectivity index (χ0n) is 13.4. The maximum absolute atomic E-state index is 12.4. The van der Waals surface area contributed by atoms with Crippen molar-refractivity contribution in [3.05, 3.63) is 0 Å². The van der Waals surface area contributed by atoms with Gasteiger partial charge in [0.2, 0.25) is 5.91 Å². The lowest BCUT2D eigenvalue weighted by Crippen LogP contribution is -2.53. The van der Waals surface area contributed by atoms with E-state index in [9.17, 15) is 4.79 Å². The summed E-state index contributed by atoms with van der Waals surface area (Å²) in [6.07, 6.45) is 8.87. The summed E-state index contributed by atoms with van der Waals surface area (Å²) in [5, 5.41) is 3.87. The molecule has 0 radical (unpaired) electrons. The van der Waals surface area contributed by atoms with Crippen LogP contribution in [0.2, 0.25) is 0 Å². The minimum Gasteiger partial charge on any atom is -0.332 e. The fraction of sp³-hybridized carbons (Fsp3) is 0.941. The highest BCUT2D eigenvalue weighted by Gasteiger charge is 2.52. The van der Waals surface area contributed by atoms with Crippen molar-refractivity contribution in [2.45, 2.75) is 63.8 Å². The largest absolute Gasteiger partial charge is 0.332 e. The third-order valence-electron chi connectivity index (χ3n) is 6.08. The van der Waals surface area contributed by atoms with Crippen LogP contribution in [0, 0.1) is 17.8 Å². The standard InChI is InChI=1S/C17H29N2OP/c1-11(2)15-10-21-9-14(18-8-12-3-4-12)7-13-5-6-16(20)19(15)17(13)21/h11-15,17-18H,3-10H2,1-2H3/t13-,14?,15?,17+,21?/m1/s1. The quantitative estimate of drug-likeness (QED) is 0.810. The van der Waals surface area contributed by atoms with E-state index in [2.05, 4.69) is 24.1 Å². The molecule has 3 heterocycles. The minimum atomic E-state index is 0.0416. The summed E-state index contributed by atoms with van der Waals surface area (Å²) in [6, 6.07) is 1.29. The Morgan fingerprint density at radius 3 is 2.81 bits per heavy atom. The SMILES string of the molecule is CC(C)C1CP2CC(NCC3CC3)C[C@H]3CCC(=O)N1[C@H]32. The molecule has 118 valence electrons. The molecule has 4 fully saturated rings. The molecule has 0 bridgehead atoms. The van der Waals surface area contributed by atoms with Crippen LogP contribution in [0.3, 0.4) is 0 Å². The molecule has 3 unspecified atom stereocenters. The molecular weight excluding hydrogens is 279 g/mol. The Kier molecular flexibility index (Phi) is 3.78. The predicted octanol–water partition coefficient (Wildman–Crippen LogP) is 2.84.